The molecule has 0 aromatic rings. The molecule has 0 aromatic carbocycles. The molecule has 0 aromatic heterocycles. The molecule has 0 bridgehead atoms. The lowest BCUT2D eigenvalue weighted by molar-refractivity contribution is -0.120. The minimum atomic E-state index is -0.535. The Balaban J connectivity index is 2.31. The third-order valence-corrected chi connectivity index (χ3v) is 1.53. The Kier molecular flexibility index (Phi) is 1.06. The number of hydrogen-bond donors (Lipinski definition) is 2. The smallest absolute Gasteiger partial charge is 0.309 e. The number of urea groups is 1. The van der Waals surface area contributed by atoms with Gasteiger partial charge in [-0.3, -0.25) is 15.1 Å². The van der Waals surface area contributed by atoms with Crippen molar-refractivity contribution >= 4 is 18.2 Å². The van der Waals surface area contributed by atoms with Gasteiger partial charge in [0.05, 0.1) is 5.70 Å². The van der Waals surface area contributed by atoms with Crippen LogP contribution < -0.4 is 10.6 Å². The standard InChI is InChI=1S/C6H5N3O2/c10-5-4-3(1-2-7-4)8-6(11)9-5/h1-2,4H,(H2,8,9,10,11). The molecule has 0 aliphatic carbocycles. The Morgan fingerprint density at radius 2 is 2.18 bits per heavy atom. The van der Waals surface area contributed by atoms with E-state index in [1.165, 1.54) is 6.21 Å². The van der Waals surface area contributed by atoms with E-state index in [0.29, 0.717) is 5.70 Å². The van der Waals surface area contributed by atoms with E-state index in [0.717, 1.165) is 0 Å². The molecule has 2 N–H and O–H groups in total. The lowest BCUT2D eigenvalue weighted by atomic mass is 10.2. The number of hydrogen-bond acceptors (Lipinski definition) is 3. The molecule has 1 atom stereocenters. The molecule has 2 rings (SSSR count). The Hall–Kier alpha value is -1.65. The zero-order chi connectivity index (χ0) is 7.84. The minimum absolute atomic E-state index is 0.367. The fraction of sp³-hybridized carbons (Fsp3) is 0.167. The molecule has 0 saturated carbocycles. The monoisotopic (exact) mass is 151 g/mol. The number of carbonyl (C=O) groups is 2. The molecule has 0 radical (unpaired) electrons. The summed E-state index contributed by atoms with van der Waals surface area (Å²) in [6, 6.07) is -1.02. The molecular weight excluding hydrogens is 146 g/mol. The van der Waals surface area contributed by atoms with Crippen LogP contribution in [0.3, 0.4) is 0 Å². The van der Waals surface area contributed by atoms with Crippen molar-refractivity contribution in [3.8, 4) is 0 Å². The summed E-state index contributed by atoms with van der Waals surface area (Å²) in [6.07, 6.45) is 3.12. The van der Waals surface area contributed by atoms with E-state index >= 15 is 0 Å². The molecule has 5 nitrogen and oxygen atoms in total. The van der Waals surface area contributed by atoms with Crippen LogP contribution in [0.5, 0.6) is 0 Å². The highest BCUT2D eigenvalue weighted by atomic mass is 16.2. The third-order valence-electron chi connectivity index (χ3n) is 1.53. The Bertz CT molecular complexity index is 292. The van der Waals surface area contributed by atoms with Gasteiger partial charge in [0.15, 0.2) is 6.04 Å². The molecule has 56 valence electrons. The Labute approximate surface area is 62.2 Å². The summed E-state index contributed by atoms with van der Waals surface area (Å²) in [6.45, 7) is 0. The van der Waals surface area contributed by atoms with Gasteiger partial charge in [0, 0.05) is 6.21 Å². The van der Waals surface area contributed by atoms with Crippen LogP contribution >= 0.6 is 0 Å². The fourth-order valence-electron chi connectivity index (χ4n) is 1.04. The van der Waals surface area contributed by atoms with Crippen molar-refractivity contribution in [3.05, 3.63) is 11.8 Å². The largest absolute Gasteiger partial charge is 0.325 e. The van der Waals surface area contributed by atoms with E-state index in [2.05, 4.69) is 15.6 Å². The molecule has 0 spiro atoms. The van der Waals surface area contributed by atoms with E-state index in [1.54, 1.807) is 6.08 Å². The highest BCUT2D eigenvalue weighted by Crippen LogP contribution is 2.11. The molecule has 1 saturated heterocycles. The molecular formula is C6H5N3O2. The van der Waals surface area contributed by atoms with Gasteiger partial charge in [-0.25, -0.2) is 4.79 Å². The maximum Gasteiger partial charge on any atom is 0.325 e. The van der Waals surface area contributed by atoms with E-state index in [9.17, 15) is 9.59 Å². The predicted molar refractivity (Wildman–Crippen MR) is 37.0 cm³/mol. The van der Waals surface area contributed by atoms with Gasteiger partial charge in [-0.2, -0.15) is 0 Å². The van der Waals surface area contributed by atoms with Crippen LogP contribution in [0.15, 0.2) is 16.8 Å². The second-order valence-electron chi connectivity index (χ2n) is 2.27. The van der Waals surface area contributed by atoms with Gasteiger partial charge in [0.25, 0.3) is 5.91 Å². The number of rotatable bonds is 0. The summed E-state index contributed by atoms with van der Waals surface area (Å²) in [4.78, 5) is 25.5. The first kappa shape index (κ1) is 6.09. The Morgan fingerprint density at radius 3 is 3.00 bits per heavy atom. The number of carbonyl (C=O) groups excluding carboxylic acids is 2. The van der Waals surface area contributed by atoms with Gasteiger partial charge >= 0.3 is 6.03 Å². The van der Waals surface area contributed by atoms with Crippen LogP contribution in [0.25, 0.3) is 0 Å². The number of allylic oxidation sites excluding steroid dienone is 1. The van der Waals surface area contributed by atoms with Crippen LogP contribution in [0.2, 0.25) is 0 Å². The van der Waals surface area contributed by atoms with Crippen molar-refractivity contribution < 1.29 is 9.59 Å². The van der Waals surface area contributed by atoms with E-state index in [4.69, 9.17) is 0 Å². The predicted octanol–water partition coefficient (Wildman–Crippen LogP) is -0.837. The number of nitrogens with zero attached hydrogens (tertiary/aromatic N) is 1. The Morgan fingerprint density at radius 1 is 1.36 bits per heavy atom. The number of imide groups is 1. The number of amides is 3. The second-order valence-corrected chi connectivity index (χ2v) is 2.27. The van der Waals surface area contributed by atoms with E-state index in [-0.39, 0.29) is 5.91 Å². The van der Waals surface area contributed by atoms with Crippen molar-refractivity contribution in [3.63, 3.8) is 0 Å². The average Bonchev–Trinajstić information content (AvgIpc) is 2.34. The van der Waals surface area contributed by atoms with Gasteiger partial charge in [-0.1, -0.05) is 0 Å². The summed E-state index contributed by atoms with van der Waals surface area (Å²) in [7, 11) is 0. The van der Waals surface area contributed by atoms with Crippen LogP contribution in [0.4, 0.5) is 4.79 Å². The third kappa shape index (κ3) is 0.813. The van der Waals surface area contributed by atoms with Crippen molar-refractivity contribution in [2.75, 3.05) is 0 Å². The van der Waals surface area contributed by atoms with Crippen LogP contribution in [-0.4, -0.2) is 24.2 Å². The number of nitrogens with one attached hydrogen (secondary N) is 2. The number of fused-ring (bicyclic) bond motifs is 1. The molecule has 2 aliphatic rings. The normalized spacial score (nSPS) is 27.3. The average molecular weight is 151 g/mol. The summed E-state index contributed by atoms with van der Waals surface area (Å²) >= 11 is 0. The highest BCUT2D eigenvalue weighted by Gasteiger charge is 2.31. The second kappa shape index (κ2) is 1.91. The minimum Gasteiger partial charge on any atom is -0.309 e. The summed E-state index contributed by atoms with van der Waals surface area (Å²) < 4.78 is 0. The van der Waals surface area contributed by atoms with Crippen LogP contribution in [0.1, 0.15) is 0 Å². The first-order chi connectivity index (χ1) is 5.27. The highest BCUT2D eigenvalue weighted by molar-refractivity contribution is 6.05. The zero-order valence-electron chi connectivity index (χ0n) is 5.50. The molecule has 2 aliphatic heterocycles. The maximum atomic E-state index is 11.0. The van der Waals surface area contributed by atoms with Crippen molar-refractivity contribution in [2.24, 2.45) is 4.99 Å². The SMILES string of the molecule is O=C1NC(=O)C2N=CC=C2N1. The fourth-order valence-corrected chi connectivity index (χ4v) is 1.04. The first-order valence-electron chi connectivity index (χ1n) is 3.12. The van der Waals surface area contributed by atoms with Gasteiger partial charge in [-0.15, -0.1) is 0 Å². The van der Waals surface area contributed by atoms with Crippen molar-refractivity contribution in [1.82, 2.24) is 10.6 Å². The summed E-state index contributed by atoms with van der Waals surface area (Å²) in [5.74, 6) is -0.367. The van der Waals surface area contributed by atoms with E-state index in [1.807, 2.05) is 0 Å². The van der Waals surface area contributed by atoms with Gasteiger partial charge in [0.1, 0.15) is 0 Å². The van der Waals surface area contributed by atoms with Gasteiger partial charge < -0.3 is 5.32 Å². The lowest BCUT2D eigenvalue weighted by Crippen LogP contribution is -2.51. The van der Waals surface area contributed by atoms with E-state index < -0.39 is 12.1 Å². The van der Waals surface area contributed by atoms with Crippen LogP contribution in [-0.2, 0) is 4.79 Å². The topological polar surface area (TPSA) is 70.6 Å². The first-order valence-corrected chi connectivity index (χ1v) is 3.12. The molecule has 3 amide bonds. The quantitative estimate of drug-likeness (QED) is 0.474. The molecule has 1 fully saturated rings. The van der Waals surface area contributed by atoms with Gasteiger partial charge in [-0.05, 0) is 6.08 Å². The van der Waals surface area contributed by atoms with Crippen molar-refractivity contribution in [1.29, 1.82) is 0 Å². The molecule has 11 heavy (non-hydrogen) atoms. The maximum absolute atomic E-state index is 11.0. The lowest BCUT2D eigenvalue weighted by Gasteiger charge is -2.18. The number of aliphatic imine (C=N–C) groups is 1. The summed E-state index contributed by atoms with van der Waals surface area (Å²) in [5.41, 5.74) is 0.554. The van der Waals surface area contributed by atoms with Gasteiger partial charge in [0.2, 0.25) is 0 Å². The molecule has 5 heteroatoms. The van der Waals surface area contributed by atoms with Crippen LogP contribution in [0, 0.1) is 0 Å². The zero-order valence-corrected chi connectivity index (χ0v) is 5.50. The summed E-state index contributed by atoms with van der Waals surface area (Å²) in [5, 5.41) is 4.58. The molecule has 2 heterocycles. The molecule has 1 unspecified atom stereocenters. The van der Waals surface area contributed by atoms with Crippen molar-refractivity contribution in [2.45, 2.75) is 6.04 Å².